The van der Waals surface area contributed by atoms with Crippen LogP contribution in [0.25, 0.3) is 6.08 Å². The van der Waals surface area contributed by atoms with Gasteiger partial charge < -0.3 is 9.50 Å². The number of benzene rings is 3. The van der Waals surface area contributed by atoms with Gasteiger partial charge in [0.05, 0.1) is 21.5 Å². The molecule has 1 saturated heterocycles. The summed E-state index contributed by atoms with van der Waals surface area (Å²) in [4.78, 5) is 37.7. The van der Waals surface area contributed by atoms with Gasteiger partial charge in [0.1, 0.15) is 10.6 Å². The molecule has 3 aromatic carbocycles. The van der Waals surface area contributed by atoms with E-state index in [4.69, 9.17) is 27.4 Å². The Balaban J connectivity index is 1.55. The summed E-state index contributed by atoms with van der Waals surface area (Å²) in [5.41, 5.74) is 1.35. The first-order chi connectivity index (χ1) is 17.5. The molecule has 0 radical (unpaired) electrons. The number of hydrogen-bond acceptors (Lipinski definition) is 7. The lowest BCUT2D eigenvalue weighted by Crippen LogP contribution is -2.27. The highest BCUT2D eigenvalue weighted by Crippen LogP contribution is 2.36. The molecule has 0 saturated carbocycles. The van der Waals surface area contributed by atoms with Gasteiger partial charge in [0.15, 0.2) is 0 Å². The number of para-hydroxylation sites is 1. The van der Waals surface area contributed by atoms with Crippen LogP contribution in [-0.4, -0.2) is 30.4 Å². The Morgan fingerprint density at radius 3 is 2.41 bits per heavy atom. The van der Waals surface area contributed by atoms with Crippen LogP contribution in [0.15, 0.2) is 76.5 Å². The van der Waals surface area contributed by atoms with Crippen LogP contribution in [0.4, 0.5) is 10.5 Å². The van der Waals surface area contributed by atoms with Gasteiger partial charge >= 0.3 is 10.1 Å². The third kappa shape index (κ3) is 6.34. The van der Waals surface area contributed by atoms with Crippen LogP contribution in [-0.2, 0) is 26.3 Å². The monoisotopic (exact) mass is 576 g/mol. The Kier molecular flexibility index (Phi) is 7.93. The molecule has 0 atom stereocenters. The number of hydrogen-bond donors (Lipinski definition) is 1. The van der Waals surface area contributed by atoms with Gasteiger partial charge in [-0.05, 0) is 65.9 Å². The molecule has 190 valence electrons. The van der Waals surface area contributed by atoms with Crippen LogP contribution < -0.4 is 9.50 Å². The molecule has 12 heteroatoms. The Morgan fingerprint density at radius 2 is 1.73 bits per heavy atom. The summed E-state index contributed by atoms with van der Waals surface area (Å²) < 4.78 is 31.1. The first-order valence-corrected chi connectivity index (χ1v) is 13.6. The summed E-state index contributed by atoms with van der Waals surface area (Å²) in [6, 6.07) is 16.5. The maximum absolute atomic E-state index is 13.0. The van der Waals surface area contributed by atoms with E-state index < -0.39 is 21.3 Å². The van der Waals surface area contributed by atoms with Crippen LogP contribution in [0.3, 0.4) is 0 Å². The highest BCUT2D eigenvalue weighted by molar-refractivity contribution is 8.18. The molecule has 3 amide bonds. The van der Waals surface area contributed by atoms with Crippen molar-refractivity contribution in [3.8, 4) is 5.75 Å². The number of amides is 3. The second kappa shape index (κ2) is 11.0. The zero-order valence-corrected chi connectivity index (χ0v) is 22.2. The SMILES string of the molecule is CC(=O)Nc1ccc(S(=O)(=O)Oc2ccccc2/C=C2\SC(=O)N(Cc3ccc(Cl)c(Cl)c3)C2=O)cc1. The number of nitrogens with zero attached hydrogens (tertiary/aromatic N) is 1. The van der Waals surface area contributed by atoms with E-state index in [9.17, 15) is 22.8 Å². The predicted molar refractivity (Wildman–Crippen MR) is 143 cm³/mol. The minimum atomic E-state index is -4.23. The first-order valence-electron chi connectivity index (χ1n) is 10.6. The van der Waals surface area contributed by atoms with Crippen LogP contribution >= 0.6 is 35.0 Å². The minimum absolute atomic E-state index is 0.0000968. The number of halogens is 2. The van der Waals surface area contributed by atoms with Crippen LogP contribution in [0, 0.1) is 0 Å². The average Bonchev–Trinajstić information content (AvgIpc) is 3.10. The van der Waals surface area contributed by atoms with Crippen molar-refractivity contribution in [1.82, 2.24) is 4.90 Å². The molecule has 0 unspecified atom stereocenters. The number of carbonyl (C=O) groups excluding carboxylic acids is 3. The van der Waals surface area contributed by atoms with Crippen molar-refractivity contribution < 1.29 is 27.0 Å². The fourth-order valence-electron chi connectivity index (χ4n) is 3.35. The van der Waals surface area contributed by atoms with Crippen molar-refractivity contribution in [2.45, 2.75) is 18.4 Å². The molecule has 0 spiro atoms. The molecule has 1 aliphatic heterocycles. The van der Waals surface area contributed by atoms with Crippen LogP contribution in [0.1, 0.15) is 18.1 Å². The number of anilines is 1. The number of imide groups is 1. The first kappa shape index (κ1) is 26.7. The highest BCUT2D eigenvalue weighted by Gasteiger charge is 2.35. The molecule has 1 heterocycles. The number of rotatable bonds is 7. The van der Waals surface area contributed by atoms with Crippen molar-refractivity contribution in [2.75, 3.05) is 5.32 Å². The molecule has 0 aromatic heterocycles. The van der Waals surface area contributed by atoms with Gasteiger partial charge in [0, 0.05) is 18.2 Å². The van der Waals surface area contributed by atoms with Crippen molar-refractivity contribution in [2.24, 2.45) is 0 Å². The third-order valence-corrected chi connectivity index (χ3v) is 7.96. The number of carbonyl (C=O) groups is 3. The number of nitrogens with one attached hydrogen (secondary N) is 1. The highest BCUT2D eigenvalue weighted by atomic mass is 35.5. The predicted octanol–water partition coefficient (Wildman–Crippen LogP) is 5.96. The molecular formula is C25H18Cl2N2O6S2. The van der Waals surface area contributed by atoms with E-state index in [1.807, 2.05) is 0 Å². The Bertz CT molecular complexity index is 1540. The van der Waals surface area contributed by atoms with Gasteiger partial charge in [0.2, 0.25) is 5.91 Å². The summed E-state index contributed by atoms with van der Waals surface area (Å²) >= 11 is 12.7. The Hall–Kier alpha value is -3.31. The zero-order valence-electron chi connectivity index (χ0n) is 19.1. The van der Waals surface area contributed by atoms with E-state index in [0.717, 1.165) is 16.7 Å². The van der Waals surface area contributed by atoms with E-state index in [-0.39, 0.29) is 28.0 Å². The molecule has 1 aliphatic rings. The molecule has 8 nitrogen and oxygen atoms in total. The zero-order chi connectivity index (χ0) is 26.7. The summed E-state index contributed by atoms with van der Waals surface area (Å²) in [5, 5.41) is 2.74. The van der Waals surface area contributed by atoms with Gasteiger partial charge in [-0.2, -0.15) is 8.42 Å². The summed E-state index contributed by atoms with van der Waals surface area (Å²) in [6.45, 7) is 1.34. The minimum Gasteiger partial charge on any atom is -0.378 e. The normalized spacial score (nSPS) is 14.8. The van der Waals surface area contributed by atoms with E-state index in [2.05, 4.69) is 5.32 Å². The molecule has 0 aliphatic carbocycles. The topological polar surface area (TPSA) is 110 Å². The van der Waals surface area contributed by atoms with Crippen LogP contribution in [0.2, 0.25) is 10.0 Å². The lowest BCUT2D eigenvalue weighted by atomic mass is 10.2. The van der Waals surface area contributed by atoms with Crippen molar-refractivity contribution >= 4 is 73.9 Å². The van der Waals surface area contributed by atoms with Gasteiger partial charge in [0.25, 0.3) is 11.1 Å². The largest absolute Gasteiger partial charge is 0.378 e. The van der Waals surface area contributed by atoms with Crippen LogP contribution in [0.5, 0.6) is 5.75 Å². The van der Waals surface area contributed by atoms with Crippen molar-refractivity contribution in [3.63, 3.8) is 0 Å². The van der Waals surface area contributed by atoms with E-state index in [1.165, 1.54) is 43.3 Å². The molecule has 4 rings (SSSR count). The molecule has 3 aromatic rings. The smallest absolute Gasteiger partial charge is 0.339 e. The maximum atomic E-state index is 13.0. The molecule has 1 N–H and O–H groups in total. The van der Waals surface area contributed by atoms with E-state index in [1.54, 1.807) is 36.4 Å². The molecular weight excluding hydrogens is 559 g/mol. The van der Waals surface area contributed by atoms with Gasteiger partial charge in [-0.25, -0.2) is 0 Å². The van der Waals surface area contributed by atoms with Gasteiger partial charge in [-0.15, -0.1) is 0 Å². The maximum Gasteiger partial charge on any atom is 0.339 e. The lowest BCUT2D eigenvalue weighted by Gasteiger charge is -2.13. The summed E-state index contributed by atoms with van der Waals surface area (Å²) in [5.74, 6) is -0.848. The van der Waals surface area contributed by atoms with E-state index in [0.29, 0.717) is 26.9 Å². The fraction of sp³-hybridized carbons (Fsp3) is 0.0800. The lowest BCUT2D eigenvalue weighted by molar-refractivity contribution is -0.123. The Labute approximate surface area is 227 Å². The summed E-state index contributed by atoms with van der Waals surface area (Å²) in [7, 11) is -4.23. The third-order valence-electron chi connectivity index (χ3n) is 5.07. The summed E-state index contributed by atoms with van der Waals surface area (Å²) in [6.07, 6.45) is 1.41. The Morgan fingerprint density at radius 1 is 1.03 bits per heavy atom. The number of thioether (sulfide) groups is 1. The van der Waals surface area contributed by atoms with Crippen molar-refractivity contribution in [3.05, 3.63) is 92.8 Å². The van der Waals surface area contributed by atoms with Crippen molar-refractivity contribution in [1.29, 1.82) is 0 Å². The molecule has 37 heavy (non-hydrogen) atoms. The van der Waals surface area contributed by atoms with Gasteiger partial charge in [-0.1, -0.05) is 47.5 Å². The second-order valence-corrected chi connectivity index (χ2v) is 11.2. The van der Waals surface area contributed by atoms with E-state index >= 15 is 0 Å². The fourth-order valence-corrected chi connectivity index (χ4v) is 5.45. The average molecular weight is 577 g/mol. The van der Waals surface area contributed by atoms with Gasteiger partial charge in [-0.3, -0.25) is 19.3 Å². The molecule has 0 bridgehead atoms. The standard InChI is InChI=1S/C25H18Cl2N2O6S2/c1-15(30)28-18-7-9-19(10-8-18)37(33,34)35-22-5-3-2-4-17(22)13-23-24(31)29(25(32)36-23)14-16-6-11-20(26)21(27)12-16/h2-13H,14H2,1H3,(H,28,30)/b23-13-. The quantitative estimate of drug-likeness (QED) is 0.273. The second-order valence-electron chi connectivity index (χ2n) is 7.80. The molecule has 1 fully saturated rings.